The third-order valence-electron chi connectivity index (χ3n) is 3.69. The summed E-state index contributed by atoms with van der Waals surface area (Å²) in [4.78, 5) is 17.1. The van der Waals surface area contributed by atoms with Gasteiger partial charge in [-0.05, 0) is 23.8 Å². The van der Waals surface area contributed by atoms with Crippen molar-refractivity contribution in [3.8, 4) is 11.1 Å². The Balaban J connectivity index is 1.75. The summed E-state index contributed by atoms with van der Waals surface area (Å²) in [5.41, 5.74) is 4.24. The van der Waals surface area contributed by atoms with Crippen LogP contribution in [-0.4, -0.2) is 37.6 Å². The number of hydrogen-bond acceptors (Lipinski definition) is 4. The molecule has 1 aromatic heterocycles. The number of morpholine rings is 1. The first-order valence-corrected chi connectivity index (χ1v) is 7.18. The molecular formula is C17H18N2O2. The first-order valence-electron chi connectivity index (χ1n) is 7.18. The number of carbonyl (C=O) groups is 1. The molecule has 4 nitrogen and oxygen atoms in total. The maximum absolute atomic E-state index is 10.5. The minimum atomic E-state index is 0.371. The molecule has 4 heteroatoms. The second kappa shape index (κ2) is 6.50. The van der Waals surface area contributed by atoms with Crippen molar-refractivity contribution in [3.63, 3.8) is 0 Å². The number of anilines is 1. The van der Waals surface area contributed by atoms with E-state index in [9.17, 15) is 4.79 Å². The van der Waals surface area contributed by atoms with Crippen LogP contribution in [0.3, 0.4) is 0 Å². The highest BCUT2D eigenvalue weighted by Gasteiger charge is 2.10. The molecule has 1 saturated heterocycles. The summed E-state index contributed by atoms with van der Waals surface area (Å²) < 4.78 is 5.37. The Morgan fingerprint density at radius 2 is 1.76 bits per heavy atom. The number of ether oxygens (including phenoxy) is 1. The Hall–Kier alpha value is -2.20. The van der Waals surface area contributed by atoms with Gasteiger partial charge in [-0.15, -0.1) is 0 Å². The first kappa shape index (κ1) is 13.8. The SMILES string of the molecule is O=CCc1ccc(-c2ccc(N3CCOCC3)cc2)cn1. The van der Waals surface area contributed by atoms with Gasteiger partial charge in [0, 0.05) is 42.7 Å². The number of aldehydes is 1. The van der Waals surface area contributed by atoms with Crippen LogP contribution in [0.25, 0.3) is 11.1 Å². The third-order valence-corrected chi connectivity index (χ3v) is 3.69. The molecular weight excluding hydrogens is 264 g/mol. The number of carbonyl (C=O) groups excluding carboxylic acids is 1. The molecule has 3 rings (SSSR count). The maximum atomic E-state index is 10.5. The van der Waals surface area contributed by atoms with Crippen molar-refractivity contribution in [2.24, 2.45) is 0 Å². The van der Waals surface area contributed by atoms with Crippen LogP contribution < -0.4 is 4.90 Å². The third kappa shape index (κ3) is 3.28. The van der Waals surface area contributed by atoms with Gasteiger partial charge in [-0.2, -0.15) is 0 Å². The number of nitrogens with zero attached hydrogens (tertiary/aromatic N) is 2. The molecule has 108 valence electrons. The summed E-state index contributed by atoms with van der Waals surface area (Å²) in [5.74, 6) is 0. The number of aromatic nitrogens is 1. The molecule has 0 amide bonds. The van der Waals surface area contributed by atoms with Gasteiger partial charge in [-0.1, -0.05) is 18.2 Å². The number of hydrogen-bond donors (Lipinski definition) is 0. The Kier molecular flexibility index (Phi) is 4.26. The van der Waals surface area contributed by atoms with Gasteiger partial charge in [0.25, 0.3) is 0 Å². The molecule has 0 atom stereocenters. The zero-order valence-electron chi connectivity index (χ0n) is 11.9. The molecule has 1 aliphatic heterocycles. The van der Waals surface area contributed by atoms with E-state index >= 15 is 0 Å². The lowest BCUT2D eigenvalue weighted by Gasteiger charge is -2.28. The quantitative estimate of drug-likeness (QED) is 0.807. The van der Waals surface area contributed by atoms with Gasteiger partial charge in [-0.25, -0.2) is 0 Å². The van der Waals surface area contributed by atoms with Crippen LogP contribution in [0.1, 0.15) is 5.69 Å². The van der Waals surface area contributed by atoms with Crippen molar-refractivity contribution in [2.75, 3.05) is 31.2 Å². The van der Waals surface area contributed by atoms with E-state index in [1.165, 1.54) is 5.69 Å². The molecule has 1 aliphatic rings. The van der Waals surface area contributed by atoms with Crippen molar-refractivity contribution < 1.29 is 9.53 Å². The fraction of sp³-hybridized carbons (Fsp3) is 0.294. The molecule has 1 fully saturated rings. The summed E-state index contributed by atoms with van der Waals surface area (Å²) in [7, 11) is 0. The smallest absolute Gasteiger partial charge is 0.125 e. The molecule has 2 heterocycles. The normalized spacial score (nSPS) is 15.0. The van der Waals surface area contributed by atoms with Crippen LogP contribution >= 0.6 is 0 Å². The van der Waals surface area contributed by atoms with Gasteiger partial charge in [0.15, 0.2) is 0 Å². The predicted molar refractivity (Wildman–Crippen MR) is 82.5 cm³/mol. The van der Waals surface area contributed by atoms with E-state index in [0.29, 0.717) is 6.42 Å². The monoisotopic (exact) mass is 282 g/mol. The Bertz CT molecular complexity index is 587. The standard InChI is InChI=1S/C17H18N2O2/c20-10-7-16-4-1-15(13-18-16)14-2-5-17(6-3-14)19-8-11-21-12-9-19/h1-6,10,13H,7-9,11-12H2. The second-order valence-corrected chi connectivity index (χ2v) is 5.06. The Morgan fingerprint density at radius 1 is 1.05 bits per heavy atom. The van der Waals surface area contributed by atoms with Gasteiger partial charge >= 0.3 is 0 Å². The zero-order chi connectivity index (χ0) is 14.5. The predicted octanol–water partition coefficient (Wildman–Crippen LogP) is 2.33. The van der Waals surface area contributed by atoms with Gasteiger partial charge < -0.3 is 14.4 Å². The van der Waals surface area contributed by atoms with Gasteiger partial charge in [0.1, 0.15) is 6.29 Å². The molecule has 0 bridgehead atoms. The highest BCUT2D eigenvalue weighted by molar-refractivity contribution is 5.66. The zero-order valence-corrected chi connectivity index (χ0v) is 11.9. The molecule has 0 saturated carbocycles. The number of pyridine rings is 1. The molecule has 2 aromatic rings. The van der Waals surface area contributed by atoms with Crippen LogP contribution in [-0.2, 0) is 16.0 Å². The van der Waals surface area contributed by atoms with Crippen LogP contribution in [0.15, 0.2) is 42.6 Å². The molecule has 0 radical (unpaired) electrons. The molecule has 0 aliphatic carbocycles. The van der Waals surface area contributed by atoms with E-state index in [1.807, 2.05) is 18.3 Å². The van der Waals surface area contributed by atoms with E-state index in [4.69, 9.17) is 4.74 Å². The van der Waals surface area contributed by atoms with Gasteiger partial charge in [-0.3, -0.25) is 4.98 Å². The minimum absolute atomic E-state index is 0.371. The van der Waals surface area contributed by atoms with Crippen molar-refractivity contribution in [1.29, 1.82) is 0 Å². The summed E-state index contributed by atoms with van der Waals surface area (Å²) in [6.07, 6.45) is 3.07. The lowest BCUT2D eigenvalue weighted by atomic mass is 10.1. The average Bonchev–Trinajstić information content (AvgIpc) is 2.57. The van der Waals surface area contributed by atoms with E-state index in [0.717, 1.165) is 49.4 Å². The largest absolute Gasteiger partial charge is 0.378 e. The lowest BCUT2D eigenvalue weighted by Crippen LogP contribution is -2.36. The minimum Gasteiger partial charge on any atom is -0.378 e. The summed E-state index contributed by atoms with van der Waals surface area (Å²) in [5, 5.41) is 0. The lowest BCUT2D eigenvalue weighted by molar-refractivity contribution is -0.107. The average molecular weight is 282 g/mol. The molecule has 21 heavy (non-hydrogen) atoms. The van der Waals surface area contributed by atoms with Gasteiger partial charge in [0.2, 0.25) is 0 Å². The Labute approximate surface area is 124 Å². The molecule has 0 spiro atoms. The van der Waals surface area contributed by atoms with E-state index in [2.05, 4.69) is 34.1 Å². The highest BCUT2D eigenvalue weighted by atomic mass is 16.5. The fourth-order valence-corrected chi connectivity index (χ4v) is 2.49. The van der Waals surface area contributed by atoms with Crippen molar-refractivity contribution >= 4 is 12.0 Å². The Morgan fingerprint density at radius 3 is 2.38 bits per heavy atom. The maximum Gasteiger partial charge on any atom is 0.125 e. The molecule has 0 N–H and O–H groups in total. The van der Waals surface area contributed by atoms with Crippen molar-refractivity contribution in [3.05, 3.63) is 48.3 Å². The fourth-order valence-electron chi connectivity index (χ4n) is 2.49. The summed E-state index contributed by atoms with van der Waals surface area (Å²) in [6, 6.07) is 12.4. The molecule has 0 unspecified atom stereocenters. The van der Waals surface area contributed by atoms with Crippen molar-refractivity contribution in [1.82, 2.24) is 4.98 Å². The van der Waals surface area contributed by atoms with E-state index < -0.39 is 0 Å². The first-order chi connectivity index (χ1) is 10.4. The number of rotatable bonds is 4. The second-order valence-electron chi connectivity index (χ2n) is 5.06. The van der Waals surface area contributed by atoms with Gasteiger partial charge in [0.05, 0.1) is 13.2 Å². The summed E-state index contributed by atoms with van der Waals surface area (Å²) >= 11 is 0. The van der Waals surface area contributed by atoms with Crippen LogP contribution in [0.2, 0.25) is 0 Å². The topological polar surface area (TPSA) is 42.4 Å². The molecule has 1 aromatic carbocycles. The van der Waals surface area contributed by atoms with Crippen molar-refractivity contribution in [2.45, 2.75) is 6.42 Å². The number of benzene rings is 1. The van der Waals surface area contributed by atoms with E-state index in [-0.39, 0.29) is 0 Å². The summed E-state index contributed by atoms with van der Waals surface area (Å²) in [6.45, 7) is 3.48. The van der Waals surface area contributed by atoms with Crippen LogP contribution in [0, 0.1) is 0 Å². The highest BCUT2D eigenvalue weighted by Crippen LogP contribution is 2.23. The van der Waals surface area contributed by atoms with E-state index in [1.54, 1.807) is 0 Å². The van der Waals surface area contributed by atoms with Crippen LogP contribution in [0.4, 0.5) is 5.69 Å². The van der Waals surface area contributed by atoms with Crippen LogP contribution in [0.5, 0.6) is 0 Å².